The first-order chi connectivity index (χ1) is 12.8. The van der Waals surface area contributed by atoms with Gasteiger partial charge in [-0.2, -0.15) is 0 Å². The van der Waals surface area contributed by atoms with Crippen molar-refractivity contribution in [3.05, 3.63) is 84.3 Å². The Kier molecular flexibility index (Phi) is 4.66. The lowest BCUT2D eigenvalue weighted by Gasteiger charge is -2.02. The number of hydrogen-bond donors (Lipinski definition) is 1. The maximum atomic E-state index is 5.88. The summed E-state index contributed by atoms with van der Waals surface area (Å²) in [5.74, 6) is 1.05. The Morgan fingerprint density at radius 3 is 2.62 bits per heavy atom. The van der Waals surface area contributed by atoms with Crippen molar-refractivity contribution in [3.8, 4) is 11.3 Å². The number of nitrogens with two attached hydrogens (primary N) is 1. The third-order valence-electron chi connectivity index (χ3n) is 3.81. The standard InChI is InChI=1S/C20H16N4OS/c21-20-17(7-4-10-22-20)18-12-15(24-25-18)11-14-8-9-19(23-13-14)26-16-5-2-1-3-6-16/h1-10,12-13H,11H2,(H2,21,22). The molecule has 0 atom stereocenters. The third-order valence-corrected chi connectivity index (χ3v) is 4.77. The summed E-state index contributed by atoms with van der Waals surface area (Å²) >= 11 is 1.64. The molecule has 3 heterocycles. The van der Waals surface area contributed by atoms with Crippen molar-refractivity contribution in [2.45, 2.75) is 16.3 Å². The Morgan fingerprint density at radius 2 is 1.85 bits per heavy atom. The molecule has 2 N–H and O–H groups in total. The molecule has 0 fully saturated rings. The highest BCUT2D eigenvalue weighted by atomic mass is 32.2. The molecule has 1 aromatic carbocycles. The van der Waals surface area contributed by atoms with Gasteiger partial charge in [-0.15, -0.1) is 0 Å². The van der Waals surface area contributed by atoms with Gasteiger partial charge in [0.2, 0.25) is 0 Å². The van der Waals surface area contributed by atoms with Gasteiger partial charge in [0.1, 0.15) is 10.8 Å². The zero-order valence-electron chi connectivity index (χ0n) is 13.9. The van der Waals surface area contributed by atoms with E-state index in [4.69, 9.17) is 10.3 Å². The van der Waals surface area contributed by atoms with Crippen LogP contribution in [-0.2, 0) is 6.42 Å². The molecule has 6 heteroatoms. The van der Waals surface area contributed by atoms with Crippen LogP contribution >= 0.6 is 11.8 Å². The summed E-state index contributed by atoms with van der Waals surface area (Å²) in [6, 6.07) is 19.8. The summed E-state index contributed by atoms with van der Waals surface area (Å²) < 4.78 is 5.41. The number of benzene rings is 1. The van der Waals surface area contributed by atoms with Gasteiger partial charge in [0.15, 0.2) is 5.76 Å². The largest absolute Gasteiger partial charge is 0.383 e. The van der Waals surface area contributed by atoms with Gasteiger partial charge in [0, 0.05) is 29.8 Å². The molecule has 0 amide bonds. The molecule has 3 aromatic heterocycles. The fraction of sp³-hybridized carbons (Fsp3) is 0.0500. The molecule has 128 valence electrons. The van der Waals surface area contributed by atoms with Gasteiger partial charge < -0.3 is 10.3 Å². The number of rotatable bonds is 5. The molecule has 0 aliphatic carbocycles. The molecule has 0 aliphatic rings. The van der Waals surface area contributed by atoms with Crippen LogP contribution in [0.1, 0.15) is 11.3 Å². The predicted octanol–water partition coefficient (Wildman–Crippen LogP) is 4.46. The quantitative estimate of drug-likeness (QED) is 0.566. The van der Waals surface area contributed by atoms with Crippen molar-refractivity contribution < 1.29 is 4.52 Å². The van der Waals surface area contributed by atoms with Crippen LogP contribution in [0.5, 0.6) is 0 Å². The average Bonchev–Trinajstić information content (AvgIpc) is 3.13. The molecular weight excluding hydrogens is 344 g/mol. The van der Waals surface area contributed by atoms with E-state index in [1.807, 2.05) is 48.7 Å². The molecule has 0 radical (unpaired) electrons. The van der Waals surface area contributed by atoms with Crippen molar-refractivity contribution in [2.75, 3.05) is 5.73 Å². The molecule has 4 rings (SSSR count). The lowest BCUT2D eigenvalue weighted by atomic mass is 10.1. The normalized spacial score (nSPS) is 10.8. The van der Waals surface area contributed by atoms with Crippen molar-refractivity contribution in [3.63, 3.8) is 0 Å². The number of hydrogen-bond acceptors (Lipinski definition) is 6. The van der Waals surface area contributed by atoms with Gasteiger partial charge in [-0.25, -0.2) is 9.97 Å². The van der Waals surface area contributed by atoms with Gasteiger partial charge >= 0.3 is 0 Å². The van der Waals surface area contributed by atoms with Crippen molar-refractivity contribution >= 4 is 17.6 Å². The molecule has 0 saturated carbocycles. The zero-order chi connectivity index (χ0) is 17.8. The predicted molar refractivity (Wildman–Crippen MR) is 102 cm³/mol. The topological polar surface area (TPSA) is 77.8 Å². The summed E-state index contributed by atoms with van der Waals surface area (Å²) in [5.41, 5.74) is 8.53. The molecule has 0 saturated heterocycles. The minimum absolute atomic E-state index is 0.430. The highest BCUT2D eigenvalue weighted by molar-refractivity contribution is 7.99. The number of pyridine rings is 2. The number of nitrogen functional groups attached to an aromatic ring is 1. The Labute approximate surface area is 155 Å². The third kappa shape index (κ3) is 3.75. The van der Waals surface area contributed by atoms with E-state index in [0.717, 1.165) is 21.8 Å². The Morgan fingerprint density at radius 1 is 0.962 bits per heavy atom. The summed E-state index contributed by atoms with van der Waals surface area (Å²) in [6.07, 6.45) is 4.17. The number of anilines is 1. The second kappa shape index (κ2) is 7.41. The highest BCUT2D eigenvalue weighted by Crippen LogP contribution is 2.27. The van der Waals surface area contributed by atoms with Crippen LogP contribution in [0.25, 0.3) is 11.3 Å². The van der Waals surface area contributed by atoms with Gasteiger partial charge in [0.05, 0.1) is 11.3 Å². The van der Waals surface area contributed by atoms with E-state index in [0.29, 0.717) is 18.0 Å². The summed E-state index contributed by atoms with van der Waals surface area (Å²) in [6.45, 7) is 0. The van der Waals surface area contributed by atoms with Crippen LogP contribution in [0.3, 0.4) is 0 Å². The zero-order valence-corrected chi connectivity index (χ0v) is 14.7. The molecule has 0 spiro atoms. The number of nitrogens with zero attached hydrogens (tertiary/aromatic N) is 3. The second-order valence-electron chi connectivity index (χ2n) is 5.72. The minimum atomic E-state index is 0.430. The first kappa shape index (κ1) is 16.4. The van der Waals surface area contributed by atoms with E-state index in [9.17, 15) is 0 Å². The summed E-state index contributed by atoms with van der Waals surface area (Å²) in [4.78, 5) is 9.76. The molecule has 5 nitrogen and oxygen atoms in total. The molecule has 26 heavy (non-hydrogen) atoms. The Hall–Kier alpha value is -3.12. The van der Waals surface area contributed by atoms with E-state index < -0.39 is 0 Å². The maximum absolute atomic E-state index is 5.88. The second-order valence-corrected chi connectivity index (χ2v) is 6.81. The van der Waals surface area contributed by atoms with Crippen LogP contribution < -0.4 is 5.73 Å². The first-order valence-electron chi connectivity index (χ1n) is 8.12. The Balaban J connectivity index is 1.46. The van der Waals surface area contributed by atoms with Gasteiger partial charge in [-0.05, 0) is 35.9 Å². The van der Waals surface area contributed by atoms with Gasteiger partial charge in [-0.1, -0.05) is 41.2 Å². The van der Waals surface area contributed by atoms with Crippen molar-refractivity contribution in [1.29, 1.82) is 0 Å². The molecule has 0 unspecified atom stereocenters. The van der Waals surface area contributed by atoms with E-state index in [-0.39, 0.29) is 0 Å². The van der Waals surface area contributed by atoms with Crippen molar-refractivity contribution in [2.24, 2.45) is 0 Å². The minimum Gasteiger partial charge on any atom is -0.383 e. The SMILES string of the molecule is Nc1ncccc1-c1cc(Cc2ccc(Sc3ccccc3)nc2)no1. The van der Waals surface area contributed by atoms with Crippen LogP contribution in [0.4, 0.5) is 5.82 Å². The smallest absolute Gasteiger partial charge is 0.170 e. The monoisotopic (exact) mass is 360 g/mol. The van der Waals surface area contributed by atoms with E-state index in [1.54, 1.807) is 18.0 Å². The van der Waals surface area contributed by atoms with E-state index in [1.165, 1.54) is 4.90 Å². The van der Waals surface area contributed by atoms with Gasteiger partial charge in [-0.3, -0.25) is 0 Å². The Bertz CT molecular complexity index is 1000. The number of aromatic nitrogens is 3. The van der Waals surface area contributed by atoms with Gasteiger partial charge in [0.25, 0.3) is 0 Å². The van der Waals surface area contributed by atoms with E-state index >= 15 is 0 Å². The highest BCUT2D eigenvalue weighted by Gasteiger charge is 2.11. The fourth-order valence-electron chi connectivity index (χ4n) is 2.54. The molecule has 4 aromatic rings. The molecule has 0 bridgehead atoms. The maximum Gasteiger partial charge on any atom is 0.170 e. The van der Waals surface area contributed by atoms with Crippen LogP contribution in [0.15, 0.2) is 87.5 Å². The van der Waals surface area contributed by atoms with Crippen LogP contribution in [-0.4, -0.2) is 15.1 Å². The lowest BCUT2D eigenvalue weighted by molar-refractivity contribution is 0.425. The lowest BCUT2D eigenvalue weighted by Crippen LogP contribution is -1.92. The van der Waals surface area contributed by atoms with Crippen LogP contribution in [0.2, 0.25) is 0 Å². The first-order valence-corrected chi connectivity index (χ1v) is 8.94. The van der Waals surface area contributed by atoms with Crippen LogP contribution in [0, 0.1) is 0 Å². The van der Waals surface area contributed by atoms with Crippen molar-refractivity contribution in [1.82, 2.24) is 15.1 Å². The fourth-order valence-corrected chi connectivity index (χ4v) is 3.32. The van der Waals surface area contributed by atoms with E-state index in [2.05, 4.69) is 33.3 Å². The summed E-state index contributed by atoms with van der Waals surface area (Å²) in [7, 11) is 0. The molecule has 0 aliphatic heterocycles. The molecular formula is C20H16N4OS. The summed E-state index contributed by atoms with van der Waals surface area (Å²) in [5, 5.41) is 5.09. The average molecular weight is 360 g/mol.